The zero-order chi connectivity index (χ0) is 16.2. The van der Waals surface area contributed by atoms with E-state index in [0.717, 1.165) is 30.6 Å². The first-order valence-corrected chi connectivity index (χ1v) is 7.94. The third-order valence-corrected chi connectivity index (χ3v) is 4.41. The number of hydrogen-bond donors (Lipinski definition) is 1. The van der Waals surface area contributed by atoms with E-state index >= 15 is 0 Å². The fraction of sp³-hybridized carbons (Fsp3) is 0.316. The standard InChI is InChI=1S/C19H20FNO2.ClH/c20-18-6-2-1-4-15(18)12-14-7-9-16(10-8-14)21-11-3-5-17(21)13-19(22)23;/h1-2,4,6-10,17H,3,5,11-13H2,(H,22,23);1H/t17-;/m0./s1. The molecule has 1 fully saturated rings. The van der Waals surface area contributed by atoms with Crippen LogP contribution in [0.2, 0.25) is 0 Å². The summed E-state index contributed by atoms with van der Waals surface area (Å²) >= 11 is 0. The van der Waals surface area contributed by atoms with Crippen molar-refractivity contribution in [2.75, 3.05) is 11.4 Å². The molecule has 0 unspecified atom stereocenters. The van der Waals surface area contributed by atoms with Gasteiger partial charge >= 0.3 is 5.97 Å². The fourth-order valence-corrected chi connectivity index (χ4v) is 3.26. The number of carboxylic acid groups (broad SMARTS) is 1. The minimum atomic E-state index is -0.752. The third kappa shape index (κ3) is 4.26. The second-order valence-corrected chi connectivity index (χ2v) is 6.02. The third-order valence-electron chi connectivity index (χ3n) is 4.41. The van der Waals surface area contributed by atoms with Crippen molar-refractivity contribution in [2.45, 2.75) is 31.7 Å². The molecule has 1 heterocycles. The van der Waals surface area contributed by atoms with Gasteiger partial charge in [0.25, 0.3) is 0 Å². The number of anilines is 1. The molecule has 3 rings (SSSR count). The SMILES string of the molecule is Cl.O=C(O)C[C@@H]1CCCN1c1ccc(Cc2ccccc2F)cc1. The monoisotopic (exact) mass is 349 g/mol. The van der Waals surface area contributed by atoms with Gasteiger partial charge in [0.05, 0.1) is 6.42 Å². The lowest BCUT2D eigenvalue weighted by molar-refractivity contribution is -0.137. The lowest BCUT2D eigenvalue weighted by Crippen LogP contribution is -2.31. The van der Waals surface area contributed by atoms with Gasteiger partial charge in [0.1, 0.15) is 5.82 Å². The van der Waals surface area contributed by atoms with E-state index < -0.39 is 5.97 Å². The van der Waals surface area contributed by atoms with E-state index in [2.05, 4.69) is 4.90 Å². The molecule has 24 heavy (non-hydrogen) atoms. The highest BCUT2D eigenvalue weighted by Crippen LogP contribution is 2.28. The molecule has 0 aromatic heterocycles. The molecule has 1 aliphatic heterocycles. The summed E-state index contributed by atoms with van der Waals surface area (Å²) in [6.45, 7) is 0.893. The zero-order valence-electron chi connectivity index (χ0n) is 13.3. The normalized spacial score (nSPS) is 16.7. The number of aliphatic carboxylic acids is 1. The van der Waals surface area contributed by atoms with E-state index in [9.17, 15) is 9.18 Å². The molecule has 5 heteroatoms. The zero-order valence-corrected chi connectivity index (χ0v) is 14.1. The van der Waals surface area contributed by atoms with Crippen molar-refractivity contribution in [3.05, 3.63) is 65.5 Å². The summed E-state index contributed by atoms with van der Waals surface area (Å²) in [5, 5.41) is 9.01. The molecule has 2 aromatic carbocycles. The molecule has 1 N–H and O–H groups in total. The van der Waals surface area contributed by atoms with E-state index in [0.29, 0.717) is 12.0 Å². The van der Waals surface area contributed by atoms with Crippen LogP contribution in [0.5, 0.6) is 0 Å². The molecule has 3 nitrogen and oxygen atoms in total. The Morgan fingerprint density at radius 2 is 1.88 bits per heavy atom. The number of halogens is 2. The summed E-state index contributed by atoms with van der Waals surface area (Å²) in [4.78, 5) is 13.1. The molecule has 2 aromatic rings. The maximum Gasteiger partial charge on any atom is 0.305 e. The largest absolute Gasteiger partial charge is 0.481 e. The molecule has 0 aliphatic carbocycles. The van der Waals surface area contributed by atoms with Gasteiger partial charge in [-0.25, -0.2) is 4.39 Å². The summed E-state index contributed by atoms with van der Waals surface area (Å²) < 4.78 is 13.7. The number of carbonyl (C=O) groups is 1. The number of benzene rings is 2. The van der Waals surface area contributed by atoms with Gasteiger partial charge in [0.2, 0.25) is 0 Å². The molecule has 1 saturated heterocycles. The Balaban J connectivity index is 0.00000208. The Morgan fingerprint density at radius 3 is 2.54 bits per heavy atom. The van der Waals surface area contributed by atoms with E-state index in [1.54, 1.807) is 12.1 Å². The van der Waals surface area contributed by atoms with Crippen molar-refractivity contribution >= 4 is 24.1 Å². The maximum absolute atomic E-state index is 13.7. The predicted octanol–water partition coefficient (Wildman–Crippen LogP) is 4.28. The van der Waals surface area contributed by atoms with E-state index in [1.807, 2.05) is 30.3 Å². The second kappa shape index (κ2) is 8.15. The molecule has 1 aliphatic rings. The average Bonchev–Trinajstić information content (AvgIpc) is 2.98. The lowest BCUT2D eigenvalue weighted by atomic mass is 10.0. The predicted molar refractivity (Wildman–Crippen MR) is 95.5 cm³/mol. The summed E-state index contributed by atoms with van der Waals surface area (Å²) in [6.07, 6.45) is 2.68. The summed E-state index contributed by atoms with van der Waals surface area (Å²) in [6, 6.07) is 14.9. The Bertz CT molecular complexity index is 690. The Labute approximate surface area is 147 Å². The number of rotatable bonds is 5. The summed E-state index contributed by atoms with van der Waals surface area (Å²) in [5.74, 6) is -0.935. The van der Waals surface area contributed by atoms with Crippen LogP contribution in [0.1, 0.15) is 30.4 Å². The smallest absolute Gasteiger partial charge is 0.305 e. The lowest BCUT2D eigenvalue weighted by Gasteiger charge is -2.26. The van der Waals surface area contributed by atoms with E-state index in [4.69, 9.17) is 5.11 Å². The molecule has 0 amide bonds. The van der Waals surface area contributed by atoms with Crippen LogP contribution in [0.15, 0.2) is 48.5 Å². The molecular formula is C19H21ClFNO2. The average molecular weight is 350 g/mol. The first kappa shape index (κ1) is 18.3. The molecule has 0 bridgehead atoms. The number of hydrogen-bond acceptors (Lipinski definition) is 2. The van der Waals surface area contributed by atoms with Crippen LogP contribution in [0.25, 0.3) is 0 Å². The Hall–Kier alpha value is -2.07. The molecule has 0 saturated carbocycles. The van der Waals surface area contributed by atoms with Crippen LogP contribution in [-0.2, 0) is 11.2 Å². The minimum Gasteiger partial charge on any atom is -0.481 e. The van der Waals surface area contributed by atoms with Gasteiger partial charge in [0.15, 0.2) is 0 Å². The summed E-state index contributed by atoms with van der Waals surface area (Å²) in [7, 11) is 0. The van der Waals surface area contributed by atoms with Crippen LogP contribution < -0.4 is 4.90 Å². The molecule has 0 radical (unpaired) electrons. The van der Waals surface area contributed by atoms with Crippen molar-refractivity contribution in [2.24, 2.45) is 0 Å². The topological polar surface area (TPSA) is 40.5 Å². The quantitative estimate of drug-likeness (QED) is 0.875. The Kier molecular flexibility index (Phi) is 6.21. The first-order chi connectivity index (χ1) is 11.1. The minimum absolute atomic E-state index is 0. The number of nitrogens with zero attached hydrogens (tertiary/aromatic N) is 1. The van der Waals surface area contributed by atoms with Crippen molar-refractivity contribution in [1.82, 2.24) is 0 Å². The van der Waals surface area contributed by atoms with Crippen molar-refractivity contribution in [1.29, 1.82) is 0 Å². The fourth-order valence-electron chi connectivity index (χ4n) is 3.26. The molecular weight excluding hydrogens is 329 g/mol. The number of carboxylic acids is 1. The molecule has 1 atom stereocenters. The van der Waals surface area contributed by atoms with E-state index in [1.165, 1.54) is 6.07 Å². The van der Waals surface area contributed by atoms with Crippen LogP contribution >= 0.6 is 12.4 Å². The van der Waals surface area contributed by atoms with E-state index in [-0.39, 0.29) is 30.7 Å². The highest BCUT2D eigenvalue weighted by atomic mass is 35.5. The van der Waals surface area contributed by atoms with Gasteiger partial charge in [-0.05, 0) is 42.2 Å². The highest BCUT2D eigenvalue weighted by Gasteiger charge is 2.26. The van der Waals surface area contributed by atoms with Gasteiger partial charge < -0.3 is 10.0 Å². The molecule has 0 spiro atoms. The van der Waals surface area contributed by atoms with Crippen molar-refractivity contribution in [3.63, 3.8) is 0 Å². The Morgan fingerprint density at radius 1 is 1.17 bits per heavy atom. The van der Waals surface area contributed by atoms with Gasteiger partial charge in [0, 0.05) is 24.7 Å². The highest BCUT2D eigenvalue weighted by molar-refractivity contribution is 5.85. The van der Waals surface area contributed by atoms with Crippen molar-refractivity contribution in [3.8, 4) is 0 Å². The van der Waals surface area contributed by atoms with Crippen LogP contribution in [-0.4, -0.2) is 23.7 Å². The first-order valence-electron chi connectivity index (χ1n) is 7.94. The van der Waals surface area contributed by atoms with Gasteiger partial charge in [-0.15, -0.1) is 12.4 Å². The van der Waals surface area contributed by atoms with Crippen LogP contribution in [0, 0.1) is 5.82 Å². The van der Waals surface area contributed by atoms with Crippen molar-refractivity contribution < 1.29 is 14.3 Å². The van der Waals surface area contributed by atoms with Gasteiger partial charge in [-0.1, -0.05) is 30.3 Å². The van der Waals surface area contributed by atoms with Gasteiger partial charge in [-0.3, -0.25) is 4.79 Å². The maximum atomic E-state index is 13.7. The van der Waals surface area contributed by atoms with Gasteiger partial charge in [-0.2, -0.15) is 0 Å². The molecule has 128 valence electrons. The second-order valence-electron chi connectivity index (χ2n) is 6.02. The summed E-state index contributed by atoms with van der Waals surface area (Å²) in [5.41, 5.74) is 2.78. The van der Waals surface area contributed by atoms with Crippen LogP contribution in [0.3, 0.4) is 0 Å². The van der Waals surface area contributed by atoms with Crippen LogP contribution in [0.4, 0.5) is 10.1 Å².